The zero-order valence-corrected chi connectivity index (χ0v) is 12.7. The van der Waals surface area contributed by atoms with Crippen molar-refractivity contribution < 1.29 is 9.47 Å². The highest BCUT2D eigenvalue weighted by atomic mass is 32.1. The van der Waals surface area contributed by atoms with Crippen molar-refractivity contribution in [2.24, 2.45) is 0 Å². The van der Waals surface area contributed by atoms with Gasteiger partial charge in [0.15, 0.2) is 11.5 Å². The number of para-hydroxylation sites is 2. The molecule has 0 aliphatic rings. The molecule has 0 radical (unpaired) electrons. The van der Waals surface area contributed by atoms with Gasteiger partial charge in [0.2, 0.25) is 0 Å². The molecule has 2 rings (SSSR count). The molecule has 0 amide bonds. The van der Waals surface area contributed by atoms with Crippen LogP contribution in [0.15, 0.2) is 30.5 Å². The van der Waals surface area contributed by atoms with Crippen LogP contribution in [0, 0.1) is 0 Å². The number of rotatable bonds is 8. The van der Waals surface area contributed by atoms with Gasteiger partial charge < -0.3 is 14.8 Å². The fourth-order valence-corrected chi connectivity index (χ4v) is 2.53. The number of ether oxygens (including phenoxy) is 2. The van der Waals surface area contributed by atoms with Gasteiger partial charge in [0, 0.05) is 17.6 Å². The zero-order valence-electron chi connectivity index (χ0n) is 11.9. The SMILES string of the molecule is CCNCc1cnc(COc2ccccc2OCC)s1. The van der Waals surface area contributed by atoms with Crippen LogP contribution in [0.3, 0.4) is 0 Å². The summed E-state index contributed by atoms with van der Waals surface area (Å²) in [4.78, 5) is 5.60. The maximum atomic E-state index is 5.80. The first-order valence-corrected chi connectivity index (χ1v) is 7.64. The van der Waals surface area contributed by atoms with Gasteiger partial charge in [-0.25, -0.2) is 4.98 Å². The number of hydrogen-bond donors (Lipinski definition) is 1. The molecule has 1 N–H and O–H groups in total. The third kappa shape index (κ3) is 4.21. The summed E-state index contributed by atoms with van der Waals surface area (Å²) >= 11 is 1.67. The minimum atomic E-state index is 0.473. The number of benzene rings is 1. The molecule has 1 aromatic heterocycles. The van der Waals surface area contributed by atoms with Gasteiger partial charge in [-0.2, -0.15) is 0 Å². The van der Waals surface area contributed by atoms with Crippen LogP contribution in [-0.2, 0) is 13.2 Å². The van der Waals surface area contributed by atoms with Gasteiger partial charge in [-0.15, -0.1) is 11.3 Å². The lowest BCUT2D eigenvalue weighted by atomic mass is 10.3. The summed E-state index contributed by atoms with van der Waals surface area (Å²) in [5, 5.41) is 4.26. The third-order valence-electron chi connectivity index (χ3n) is 2.65. The van der Waals surface area contributed by atoms with E-state index in [4.69, 9.17) is 9.47 Å². The summed E-state index contributed by atoms with van der Waals surface area (Å²) in [5.41, 5.74) is 0. The van der Waals surface area contributed by atoms with Crippen LogP contribution in [0.2, 0.25) is 0 Å². The predicted octanol–water partition coefficient (Wildman–Crippen LogP) is 3.23. The average Bonchev–Trinajstić information content (AvgIpc) is 2.92. The smallest absolute Gasteiger partial charge is 0.161 e. The Kier molecular flexibility index (Phi) is 5.83. The Morgan fingerprint density at radius 3 is 2.60 bits per heavy atom. The summed E-state index contributed by atoms with van der Waals surface area (Å²) in [5.74, 6) is 1.54. The van der Waals surface area contributed by atoms with Gasteiger partial charge >= 0.3 is 0 Å². The Labute approximate surface area is 123 Å². The van der Waals surface area contributed by atoms with Crippen molar-refractivity contribution in [3.05, 3.63) is 40.3 Å². The van der Waals surface area contributed by atoms with Crippen molar-refractivity contribution in [3.63, 3.8) is 0 Å². The molecule has 0 atom stereocenters. The Morgan fingerprint density at radius 2 is 1.90 bits per heavy atom. The van der Waals surface area contributed by atoms with Crippen molar-refractivity contribution in [3.8, 4) is 11.5 Å². The van der Waals surface area contributed by atoms with Gasteiger partial charge in [0.25, 0.3) is 0 Å². The second-order valence-electron chi connectivity index (χ2n) is 4.17. The summed E-state index contributed by atoms with van der Waals surface area (Å²) in [6, 6.07) is 7.71. The van der Waals surface area contributed by atoms with Crippen LogP contribution >= 0.6 is 11.3 Å². The lowest BCUT2D eigenvalue weighted by Gasteiger charge is -2.10. The van der Waals surface area contributed by atoms with Crippen LogP contribution in [-0.4, -0.2) is 18.1 Å². The molecule has 0 unspecified atom stereocenters. The monoisotopic (exact) mass is 292 g/mol. The zero-order chi connectivity index (χ0) is 14.2. The molecular formula is C15H20N2O2S. The van der Waals surface area contributed by atoms with E-state index in [1.807, 2.05) is 37.4 Å². The molecule has 0 saturated carbocycles. The largest absolute Gasteiger partial charge is 0.490 e. The van der Waals surface area contributed by atoms with Crippen molar-refractivity contribution in [1.82, 2.24) is 10.3 Å². The summed E-state index contributed by atoms with van der Waals surface area (Å²) < 4.78 is 11.3. The molecule has 108 valence electrons. The number of aromatic nitrogens is 1. The van der Waals surface area contributed by atoms with E-state index in [1.54, 1.807) is 11.3 Å². The first-order chi connectivity index (χ1) is 9.83. The van der Waals surface area contributed by atoms with Gasteiger partial charge in [0.05, 0.1) is 6.61 Å². The molecule has 0 aliphatic heterocycles. The lowest BCUT2D eigenvalue weighted by molar-refractivity contribution is 0.269. The average molecular weight is 292 g/mol. The normalized spacial score (nSPS) is 10.5. The molecule has 1 aromatic carbocycles. The number of hydrogen-bond acceptors (Lipinski definition) is 5. The highest BCUT2D eigenvalue weighted by Crippen LogP contribution is 2.27. The Hall–Kier alpha value is -1.59. The minimum Gasteiger partial charge on any atom is -0.490 e. The first kappa shape index (κ1) is 14.8. The van der Waals surface area contributed by atoms with E-state index in [1.165, 1.54) is 4.88 Å². The minimum absolute atomic E-state index is 0.473. The van der Waals surface area contributed by atoms with Crippen molar-refractivity contribution in [2.45, 2.75) is 27.0 Å². The molecule has 20 heavy (non-hydrogen) atoms. The molecule has 1 heterocycles. The van der Waals surface area contributed by atoms with Gasteiger partial charge in [-0.05, 0) is 25.6 Å². The van der Waals surface area contributed by atoms with Crippen LogP contribution in [0.1, 0.15) is 23.7 Å². The fraction of sp³-hybridized carbons (Fsp3) is 0.400. The number of thiazole rings is 1. The number of nitrogens with one attached hydrogen (secondary N) is 1. The summed E-state index contributed by atoms with van der Waals surface area (Å²) in [6.45, 7) is 6.99. The van der Waals surface area contributed by atoms with Crippen molar-refractivity contribution in [1.29, 1.82) is 0 Å². The predicted molar refractivity (Wildman–Crippen MR) is 81.4 cm³/mol. The van der Waals surface area contributed by atoms with Gasteiger partial charge in [0.1, 0.15) is 11.6 Å². The molecule has 0 spiro atoms. The van der Waals surface area contributed by atoms with Crippen LogP contribution in [0.4, 0.5) is 0 Å². The Bertz CT molecular complexity index is 528. The van der Waals surface area contributed by atoms with Gasteiger partial charge in [-0.1, -0.05) is 19.1 Å². The Morgan fingerprint density at radius 1 is 1.15 bits per heavy atom. The quantitative estimate of drug-likeness (QED) is 0.811. The summed E-state index contributed by atoms with van der Waals surface area (Å²) in [7, 11) is 0. The van der Waals surface area contributed by atoms with E-state index in [2.05, 4.69) is 17.2 Å². The standard InChI is InChI=1S/C15H20N2O2S/c1-3-16-9-12-10-17-15(20-12)11-19-14-8-6-5-7-13(14)18-4-2/h5-8,10,16H,3-4,9,11H2,1-2H3. The van der Waals surface area contributed by atoms with E-state index >= 15 is 0 Å². The Balaban J connectivity index is 1.93. The third-order valence-corrected chi connectivity index (χ3v) is 3.62. The van der Waals surface area contributed by atoms with E-state index in [0.717, 1.165) is 29.6 Å². The summed E-state index contributed by atoms with van der Waals surface area (Å²) in [6.07, 6.45) is 1.90. The molecule has 0 bridgehead atoms. The maximum absolute atomic E-state index is 5.80. The first-order valence-electron chi connectivity index (χ1n) is 6.82. The molecule has 0 fully saturated rings. The van der Waals surface area contributed by atoms with E-state index in [9.17, 15) is 0 Å². The van der Waals surface area contributed by atoms with E-state index < -0.39 is 0 Å². The molecule has 2 aromatic rings. The second-order valence-corrected chi connectivity index (χ2v) is 5.37. The molecule has 5 heteroatoms. The molecule has 0 aliphatic carbocycles. The van der Waals surface area contributed by atoms with Crippen molar-refractivity contribution >= 4 is 11.3 Å². The van der Waals surface area contributed by atoms with Crippen LogP contribution in [0.25, 0.3) is 0 Å². The second kappa shape index (κ2) is 7.87. The van der Waals surface area contributed by atoms with Crippen LogP contribution in [0.5, 0.6) is 11.5 Å². The molecular weight excluding hydrogens is 272 g/mol. The lowest BCUT2D eigenvalue weighted by Crippen LogP contribution is -2.10. The fourth-order valence-electron chi connectivity index (χ4n) is 1.73. The number of nitrogens with zero attached hydrogens (tertiary/aromatic N) is 1. The topological polar surface area (TPSA) is 43.4 Å². The molecule has 4 nitrogen and oxygen atoms in total. The van der Waals surface area contributed by atoms with Crippen LogP contribution < -0.4 is 14.8 Å². The maximum Gasteiger partial charge on any atom is 0.161 e. The van der Waals surface area contributed by atoms with Gasteiger partial charge in [-0.3, -0.25) is 0 Å². The van der Waals surface area contributed by atoms with E-state index in [0.29, 0.717) is 13.2 Å². The van der Waals surface area contributed by atoms with Crippen molar-refractivity contribution in [2.75, 3.05) is 13.2 Å². The van der Waals surface area contributed by atoms with E-state index in [-0.39, 0.29) is 0 Å². The highest BCUT2D eigenvalue weighted by molar-refractivity contribution is 7.11. The molecule has 0 saturated heterocycles. The highest BCUT2D eigenvalue weighted by Gasteiger charge is 2.06.